The van der Waals surface area contributed by atoms with Crippen molar-refractivity contribution < 1.29 is 35.6 Å². The van der Waals surface area contributed by atoms with Crippen molar-refractivity contribution in [3.8, 4) is 0 Å². The van der Waals surface area contributed by atoms with Crippen molar-refractivity contribution in [1.82, 2.24) is 20.4 Å². The van der Waals surface area contributed by atoms with Crippen LogP contribution in [-0.2, 0) is 37.3 Å². The molecule has 12 nitrogen and oxygen atoms in total. The van der Waals surface area contributed by atoms with E-state index >= 15 is 0 Å². The number of aliphatic carboxylic acids is 1. The number of aryl methyl sites for hydroxylation is 1. The first-order valence-corrected chi connectivity index (χ1v) is 10.5. The van der Waals surface area contributed by atoms with Gasteiger partial charge in [-0.2, -0.15) is 0 Å². The van der Waals surface area contributed by atoms with Crippen LogP contribution >= 0.6 is 0 Å². The first-order valence-electron chi connectivity index (χ1n) is 6.74. The number of nitrogens with zero attached hydrogens (tertiary/aromatic N) is 4. The molecule has 2 aromatic rings. The van der Waals surface area contributed by atoms with E-state index in [0.717, 1.165) is 12.5 Å². The van der Waals surface area contributed by atoms with E-state index in [1.165, 1.54) is 0 Å². The molecular weight excluding hydrogens is 380 g/mol. The molecule has 1 N–H and O–H groups in total. The molecule has 0 aliphatic rings. The third kappa shape index (κ3) is 5.06. The van der Waals surface area contributed by atoms with E-state index in [1.54, 1.807) is 0 Å². The molecule has 0 aromatic carbocycles. The standard InChI is InChI=1S/C11H14N4O8S2/c1-24(18,19)10-14-12-7(22-10)4-3-6(9(16)17)5-8-13-15-11(23-8)25(2,20)21/h6H,3-5H2,1-2H3,(H,16,17). The number of sulfone groups is 2. The van der Waals surface area contributed by atoms with Crippen molar-refractivity contribution in [1.29, 1.82) is 0 Å². The van der Waals surface area contributed by atoms with Crippen molar-refractivity contribution in [2.24, 2.45) is 5.92 Å². The van der Waals surface area contributed by atoms with Gasteiger partial charge in [-0.25, -0.2) is 16.8 Å². The third-order valence-electron chi connectivity index (χ3n) is 3.01. The van der Waals surface area contributed by atoms with Gasteiger partial charge in [0.1, 0.15) is 0 Å². The highest BCUT2D eigenvalue weighted by molar-refractivity contribution is 7.90. The molecule has 14 heteroatoms. The van der Waals surface area contributed by atoms with Gasteiger partial charge in [0.05, 0.1) is 5.92 Å². The summed E-state index contributed by atoms with van der Waals surface area (Å²) in [4.78, 5) is 11.3. The van der Waals surface area contributed by atoms with Crippen LogP contribution < -0.4 is 0 Å². The summed E-state index contributed by atoms with van der Waals surface area (Å²) in [7, 11) is -7.33. The molecule has 0 spiro atoms. The van der Waals surface area contributed by atoms with E-state index in [2.05, 4.69) is 20.4 Å². The molecule has 0 radical (unpaired) electrons. The van der Waals surface area contributed by atoms with E-state index in [9.17, 15) is 26.7 Å². The van der Waals surface area contributed by atoms with Gasteiger partial charge in [-0.1, -0.05) is 10.2 Å². The average molecular weight is 394 g/mol. The lowest BCUT2D eigenvalue weighted by Gasteiger charge is -2.07. The lowest BCUT2D eigenvalue weighted by atomic mass is 9.99. The third-order valence-corrected chi connectivity index (χ3v) is 4.61. The molecule has 2 heterocycles. The van der Waals surface area contributed by atoms with Crippen molar-refractivity contribution in [2.75, 3.05) is 12.5 Å². The number of carbonyl (C=O) groups is 1. The second kappa shape index (κ2) is 6.87. The molecule has 2 aromatic heterocycles. The Hall–Kier alpha value is -2.35. The highest BCUT2D eigenvalue weighted by atomic mass is 32.2. The largest absolute Gasteiger partial charge is 0.481 e. The molecule has 138 valence electrons. The lowest BCUT2D eigenvalue weighted by molar-refractivity contribution is -0.142. The smallest absolute Gasteiger partial charge is 0.335 e. The summed E-state index contributed by atoms with van der Waals surface area (Å²) in [6.45, 7) is 0. The molecule has 0 fully saturated rings. The van der Waals surface area contributed by atoms with E-state index in [-0.39, 0.29) is 31.0 Å². The highest BCUT2D eigenvalue weighted by Gasteiger charge is 2.25. The fourth-order valence-corrected chi connectivity index (χ4v) is 2.65. The molecule has 0 saturated carbocycles. The normalized spacial score (nSPS) is 13.7. The molecule has 25 heavy (non-hydrogen) atoms. The van der Waals surface area contributed by atoms with E-state index in [0.29, 0.717) is 0 Å². The Morgan fingerprint density at radius 2 is 1.44 bits per heavy atom. The van der Waals surface area contributed by atoms with E-state index in [1.807, 2.05) is 0 Å². The molecule has 0 bridgehead atoms. The lowest BCUT2D eigenvalue weighted by Crippen LogP contribution is -2.17. The Kier molecular flexibility index (Phi) is 5.22. The first kappa shape index (κ1) is 19.0. The minimum atomic E-state index is -3.68. The minimum absolute atomic E-state index is 0.00651. The number of hydrogen-bond acceptors (Lipinski definition) is 11. The van der Waals surface area contributed by atoms with Gasteiger partial charge in [0, 0.05) is 25.4 Å². The van der Waals surface area contributed by atoms with Gasteiger partial charge in [-0.05, 0) is 6.42 Å². The fourth-order valence-electron chi connectivity index (χ4n) is 1.78. The second-order valence-corrected chi connectivity index (χ2v) is 9.03. The summed E-state index contributed by atoms with van der Waals surface area (Å²) in [5.74, 6) is -2.35. The van der Waals surface area contributed by atoms with Crippen LogP contribution in [0.15, 0.2) is 19.3 Å². The number of hydrogen-bond donors (Lipinski definition) is 1. The van der Waals surface area contributed by atoms with E-state index < -0.39 is 42.0 Å². The predicted octanol–water partition coefficient (Wildman–Crippen LogP) is -0.864. The van der Waals surface area contributed by atoms with E-state index in [4.69, 9.17) is 8.83 Å². The number of rotatable bonds is 8. The molecule has 0 aliphatic carbocycles. The van der Waals surface area contributed by atoms with Crippen molar-refractivity contribution in [3.63, 3.8) is 0 Å². The molecule has 2 rings (SSSR count). The van der Waals surface area contributed by atoms with Crippen LogP contribution in [0.4, 0.5) is 0 Å². The van der Waals surface area contributed by atoms with Gasteiger partial charge in [0.15, 0.2) is 0 Å². The fraction of sp³-hybridized carbons (Fsp3) is 0.545. The maximum atomic E-state index is 11.3. The van der Waals surface area contributed by atoms with Crippen LogP contribution in [0.5, 0.6) is 0 Å². The topological polar surface area (TPSA) is 183 Å². The molecule has 0 saturated heterocycles. The summed E-state index contributed by atoms with van der Waals surface area (Å²) < 4.78 is 54.9. The van der Waals surface area contributed by atoms with Gasteiger partial charge >= 0.3 is 16.4 Å². The molecular formula is C11H14N4O8S2. The van der Waals surface area contributed by atoms with Gasteiger partial charge < -0.3 is 13.9 Å². The summed E-state index contributed by atoms with van der Waals surface area (Å²) in [6, 6.07) is 0. The summed E-state index contributed by atoms with van der Waals surface area (Å²) in [6.07, 6.45) is 1.60. The Bertz CT molecular complexity index is 975. The predicted molar refractivity (Wildman–Crippen MR) is 78.0 cm³/mol. The maximum Gasteiger partial charge on any atom is 0.335 e. The Morgan fingerprint density at radius 3 is 1.88 bits per heavy atom. The maximum absolute atomic E-state index is 11.3. The Balaban J connectivity index is 2.05. The molecule has 1 unspecified atom stereocenters. The monoisotopic (exact) mass is 394 g/mol. The zero-order chi connectivity index (χ0) is 18.8. The van der Waals surface area contributed by atoms with Gasteiger partial charge in [0.25, 0.3) is 0 Å². The highest BCUT2D eigenvalue weighted by Crippen LogP contribution is 2.17. The van der Waals surface area contributed by atoms with Gasteiger partial charge in [-0.15, -0.1) is 10.2 Å². The first-order chi connectivity index (χ1) is 11.5. The summed E-state index contributed by atoms with van der Waals surface area (Å²) in [5, 5.41) is 21.8. The second-order valence-electron chi connectivity index (χ2n) is 5.25. The Labute approximate surface area is 142 Å². The minimum Gasteiger partial charge on any atom is -0.481 e. The molecule has 0 aliphatic heterocycles. The van der Waals surface area contributed by atoms with Crippen LogP contribution in [0.2, 0.25) is 0 Å². The SMILES string of the molecule is CS(=O)(=O)c1nnc(CCC(Cc2nnc(S(C)(=O)=O)o2)C(=O)O)o1. The number of aromatic nitrogens is 4. The van der Waals surface area contributed by atoms with Crippen LogP contribution in [0, 0.1) is 5.92 Å². The van der Waals surface area contributed by atoms with Crippen LogP contribution in [0.3, 0.4) is 0 Å². The van der Waals surface area contributed by atoms with Gasteiger partial charge in [0.2, 0.25) is 31.5 Å². The number of carboxylic acids is 1. The number of carboxylic acid groups (broad SMARTS) is 1. The zero-order valence-corrected chi connectivity index (χ0v) is 14.7. The Morgan fingerprint density at radius 1 is 0.960 bits per heavy atom. The van der Waals surface area contributed by atoms with Gasteiger partial charge in [-0.3, -0.25) is 4.79 Å². The van der Waals surface area contributed by atoms with Crippen LogP contribution in [0.25, 0.3) is 0 Å². The molecule has 1 atom stereocenters. The van der Waals surface area contributed by atoms with Crippen molar-refractivity contribution >= 4 is 25.6 Å². The van der Waals surface area contributed by atoms with Crippen LogP contribution in [-0.4, -0.2) is 60.8 Å². The van der Waals surface area contributed by atoms with Crippen molar-refractivity contribution in [2.45, 2.75) is 29.7 Å². The molecule has 0 amide bonds. The summed E-state index contributed by atoms with van der Waals surface area (Å²) >= 11 is 0. The zero-order valence-electron chi connectivity index (χ0n) is 13.1. The van der Waals surface area contributed by atoms with Crippen molar-refractivity contribution in [3.05, 3.63) is 11.8 Å². The quantitative estimate of drug-likeness (QED) is 0.585. The summed E-state index contributed by atoms with van der Waals surface area (Å²) in [5.41, 5.74) is 0. The average Bonchev–Trinajstić information content (AvgIpc) is 3.11. The van der Waals surface area contributed by atoms with Crippen LogP contribution in [0.1, 0.15) is 18.2 Å².